The summed E-state index contributed by atoms with van der Waals surface area (Å²) >= 11 is 0. The van der Waals surface area contributed by atoms with Crippen LogP contribution in [0.5, 0.6) is 0 Å². The summed E-state index contributed by atoms with van der Waals surface area (Å²) in [5.41, 5.74) is 8.43. The number of aliphatic hydroxyl groups is 2. The molecule has 0 bridgehead atoms. The molecule has 0 saturated carbocycles. The van der Waals surface area contributed by atoms with E-state index in [4.69, 9.17) is 4.98 Å². The van der Waals surface area contributed by atoms with Crippen molar-refractivity contribution in [2.24, 2.45) is 0 Å². The second-order valence-electron chi connectivity index (χ2n) is 10.0. The molecule has 1 heterocycles. The van der Waals surface area contributed by atoms with Crippen LogP contribution in [0.1, 0.15) is 67.8 Å². The first-order chi connectivity index (χ1) is 17.2. The number of aromatic nitrogens is 1. The normalized spacial score (nSPS) is 14.6. The predicted octanol–water partition coefficient (Wildman–Crippen LogP) is 4.35. The molecule has 1 aliphatic rings. The molecule has 0 spiro atoms. The molecule has 36 heavy (non-hydrogen) atoms. The topological polar surface area (TPSA) is 93.5 Å². The Morgan fingerprint density at radius 3 is 2.47 bits per heavy atom. The summed E-state index contributed by atoms with van der Waals surface area (Å²) in [7, 11) is 0. The highest BCUT2D eigenvalue weighted by Gasteiger charge is 2.26. The number of aryl methyl sites for hydroxylation is 1. The SMILES string of the molecule is CC(C)c1nc2c(c(-c3ccc(F)cc3)c1CC[C@@H](O)C[C@@H](O)CC(=O)[O-])CCCc1ccccc1-2. The Balaban J connectivity index is 1.82. The van der Waals surface area contributed by atoms with Gasteiger partial charge in [-0.2, -0.15) is 0 Å². The molecule has 4 rings (SSSR count). The number of fused-ring (bicyclic) bond motifs is 3. The number of pyridine rings is 1. The lowest BCUT2D eigenvalue weighted by molar-refractivity contribution is -0.307. The second-order valence-corrected chi connectivity index (χ2v) is 10.0. The van der Waals surface area contributed by atoms with E-state index < -0.39 is 24.6 Å². The molecule has 2 aromatic carbocycles. The molecule has 5 nitrogen and oxygen atoms in total. The molecule has 2 atom stereocenters. The first-order valence-electron chi connectivity index (χ1n) is 12.7. The van der Waals surface area contributed by atoms with Crippen LogP contribution in [0.3, 0.4) is 0 Å². The number of rotatable bonds is 9. The molecule has 0 fully saturated rings. The van der Waals surface area contributed by atoms with Crippen LogP contribution >= 0.6 is 0 Å². The van der Waals surface area contributed by atoms with Crippen LogP contribution in [0, 0.1) is 5.82 Å². The van der Waals surface area contributed by atoms with Crippen LogP contribution in [0.15, 0.2) is 48.5 Å². The molecule has 3 aromatic rings. The molecule has 0 aliphatic heterocycles. The number of carbonyl (C=O) groups is 1. The fourth-order valence-electron chi connectivity index (χ4n) is 5.29. The third-order valence-electron chi connectivity index (χ3n) is 6.93. The van der Waals surface area contributed by atoms with Crippen molar-refractivity contribution in [2.75, 3.05) is 0 Å². The first kappa shape index (κ1) is 26.0. The molecule has 0 unspecified atom stereocenters. The molecule has 190 valence electrons. The van der Waals surface area contributed by atoms with E-state index in [2.05, 4.69) is 32.0 Å². The van der Waals surface area contributed by atoms with Gasteiger partial charge >= 0.3 is 0 Å². The van der Waals surface area contributed by atoms with E-state index in [0.717, 1.165) is 58.5 Å². The minimum absolute atomic E-state index is 0.0391. The van der Waals surface area contributed by atoms with E-state index in [0.29, 0.717) is 12.8 Å². The van der Waals surface area contributed by atoms with Gasteiger partial charge in [-0.15, -0.1) is 0 Å². The molecule has 0 amide bonds. The zero-order chi connectivity index (χ0) is 25.8. The Bertz CT molecular complexity index is 1220. The highest BCUT2D eigenvalue weighted by atomic mass is 19.1. The minimum Gasteiger partial charge on any atom is -0.550 e. The third kappa shape index (κ3) is 5.82. The number of hydrogen-bond donors (Lipinski definition) is 2. The van der Waals surface area contributed by atoms with Crippen molar-refractivity contribution in [1.29, 1.82) is 0 Å². The number of aliphatic carboxylic acids is 1. The molecule has 1 aromatic heterocycles. The van der Waals surface area contributed by atoms with Gasteiger partial charge in [0.05, 0.1) is 17.9 Å². The van der Waals surface area contributed by atoms with Crippen molar-refractivity contribution in [3.63, 3.8) is 0 Å². The largest absolute Gasteiger partial charge is 0.550 e. The molecule has 0 saturated heterocycles. The molecule has 1 aliphatic carbocycles. The zero-order valence-corrected chi connectivity index (χ0v) is 20.8. The van der Waals surface area contributed by atoms with E-state index in [1.54, 1.807) is 12.1 Å². The van der Waals surface area contributed by atoms with Gasteiger partial charge in [0.25, 0.3) is 0 Å². The third-order valence-corrected chi connectivity index (χ3v) is 6.93. The number of benzene rings is 2. The van der Waals surface area contributed by atoms with Crippen molar-refractivity contribution < 1.29 is 24.5 Å². The maximum Gasteiger partial charge on any atom is 0.123 e. The number of carboxylic acid groups (broad SMARTS) is 1. The van der Waals surface area contributed by atoms with Gasteiger partial charge in [-0.05, 0) is 84.4 Å². The number of aliphatic hydroxyl groups excluding tert-OH is 2. The summed E-state index contributed by atoms with van der Waals surface area (Å²) in [4.78, 5) is 16.0. The fourth-order valence-corrected chi connectivity index (χ4v) is 5.29. The van der Waals surface area contributed by atoms with Gasteiger partial charge in [0.2, 0.25) is 0 Å². The van der Waals surface area contributed by atoms with Crippen molar-refractivity contribution in [2.45, 2.75) is 76.9 Å². The van der Waals surface area contributed by atoms with Crippen LogP contribution in [0.25, 0.3) is 22.4 Å². The van der Waals surface area contributed by atoms with Crippen LogP contribution in [0.2, 0.25) is 0 Å². The Labute approximate surface area is 211 Å². The number of hydrogen-bond acceptors (Lipinski definition) is 5. The van der Waals surface area contributed by atoms with E-state index in [1.807, 2.05) is 6.07 Å². The van der Waals surface area contributed by atoms with Crippen LogP contribution in [-0.4, -0.2) is 33.4 Å². The lowest BCUT2D eigenvalue weighted by atomic mass is 9.84. The standard InChI is InChI=1S/C30H34FNO4/c1-18(2)29-26(15-14-22(33)16-23(34)17-27(35)36)28(20-10-12-21(31)13-11-20)25-9-5-7-19-6-3-4-8-24(19)30(25)32-29/h3-4,6,8,10-13,18,22-23,33-34H,5,7,9,14-17H2,1-2H3,(H,35,36)/p-1/t22-,23-/m1/s1. The average Bonchev–Trinajstić information content (AvgIpc) is 3.01. The Morgan fingerprint density at radius 1 is 1.06 bits per heavy atom. The van der Waals surface area contributed by atoms with Gasteiger partial charge in [-0.3, -0.25) is 4.98 Å². The van der Waals surface area contributed by atoms with Crippen molar-refractivity contribution in [3.8, 4) is 22.4 Å². The maximum atomic E-state index is 13.9. The molecule has 6 heteroatoms. The van der Waals surface area contributed by atoms with E-state index in [9.17, 15) is 24.5 Å². The molecular weight excluding hydrogens is 457 g/mol. The summed E-state index contributed by atoms with van der Waals surface area (Å²) in [5, 5.41) is 31.3. The van der Waals surface area contributed by atoms with E-state index in [1.165, 1.54) is 17.7 Å². The molecular formula is C30H33FNO4-. The van der Waals surface area contributed by atoms with Gasteiger partial charge in [-0.25, -0.2) is 4.39 Å². The Hall–Kier alpha value is -3.09. The monoisotopic (exact) mass is 490 g/mol. The van der Waals surface area contributed by atoms with Crippen LogP contribution in [0.4, 0.5) is 4.39 Å². The van der Waals surface area contributed by atoms with Gasteiger partial charge < -0.3 is 20.1 Å². The average molecular weight is 491 g/mol. The molecule has 0 radical (unpaired) electrons. The summed E-state index contributed by atoms with van der Waals surface area (Å²) < 4.78 is 13.9. The van der Waals surface area contributed by atoms with E-state index in [-0.39, 0.29) is 18.2 Å². The Kier molecular flexibility index (Phi) is 8.17. The lowest BCUT2D eigenvalue weighted by Gasteiger charge is -2.24. The highest BCUT2D eigenvalue weighted by Crippen LogP contribution is 2.42. The minimum atomic E-state index is -1.34. The summed E-state index contributed by atoms with van der Waals surface area (Å²) in [5.74, 6) is -1.53. The number of carbonyl (C=O) groups excluding carboxylic acids is 1. The maximum absolute atomic E-state index is 13.9. The zero-order valence-electron chi connectivity index (χ0n) is 20.8. The summed E-state index contributed by atoms with van der Waals surface area (Å²) in [6.07, 6.45) is 1.03. The number of halogens is 1. The van der Waals surface area contributed by atoms with Crippen molar-refractivity contribution in [3.05, 3.63) is 76.7 Å². The number of nitrogens with zero attached hydrogens (tertiary/aromatic N) is 1. The highest BCUT2D eigenvalue weighted by molar-refractivity contribution is 5.81. The van der Waals surface area contributed by atoms with E-state index >= 15 is 0 Å². The second kappa shape index (κ2) is 11.3. The summed E-state index contributed by atoms with van der Waals surface area (Å²) in [6, 6.07) is 14.9. The van der Waals surface area contributed by atoms with Crippen molar-refractivity contribution >= 4 is 5.97 Å². The van der Waals surface area contributed by atoms with Gasteiger partial charge in [-0.1, -0.05) is 50.2 Å². The fraction of sp³-hybridized carbons (Fsp3) is 0.400. The van der Waals surface area contributed by atoms with Gasteiger partial charge in [0, 0.05) is 23.6 Å². The Morgan fingerprint density at radius 2 is 1.78 bits per heavy atom. The molecule has 2 N–H and O–H groups in total. The van der Waals surface area contributed by atoms with Crippen molar-refractivity contribution in [1.82, 2.24) is 4.98 Å². The lowest BCUT2D eigenvalue weighted by Crippen LogP contribution is -2.29. The smallest absolute Gasteiger partial charge is 0.123 e. The summed E-state index contributed by atoms with van der Waals surface area (Å²) in [6.45, 7) is 4.19. The van der Waals surface area contributed by atoms with Gasteiger partial charge in [0.15, 0.2) is 0 Å². The van der Waals surface area contributed by atoms with Crippen LogP contribution < -0.4 is 5.11 Å². The quantitative estimate of drug-likeness (QED) is 0.465. The first-order valence-corrected chi connectivity index (χ1v) is 12.7. The van der Waals surface area contributed by atoms with Crippen LogP contribution in [-0.2, 0) is 24.1 Å². The van der Waals surface area contributed by atoms with Gasteiger partial charge in [0.1, 0.15) is 5.82 Å². The number of carboxylic acids is 1. The predicted molar refractivity (Wildman–Crippen MR) is 136 cm³/mol.